The van der Waals surface area contributed by atoms with Crippen LogP contribution in [0.25, 0.3) is 0 Å². The largest absolute Gasteiger partial charge is 0.481 e. The van der Waals surface area contributed by atoms with Gasteiger partial charge in [0, 0.05) is 17.7 Å². The average molecular weight is 170 g/mol. The van der Waals surface area contributed by atoms with Crippen molar-refractivity contribution in [2.45, 2.75) is 19.3 Å². The Bertz CT molecular complexity index is 325. The number of carboxylic acids is 1. The lowest BCUT2D eigenvalue weighted by atomic mass is 10.1. The topological polar surface area (TPSA) is 85.9 Å². The molecule has 3 N–H and O–H groups in total. The minimum Gasteiger partial charge on any atom is -0.481 e. The van der Waals surface area contributed by atoms with Crippen LogP contribution in [-0.4, -0.2) is 21.3 Å². The second kappa shape index (κ2) is 3.25. The molecule has 5 heteroatoms. The highest BCUT2D eigenvalue weighted by molar-refractivity contribution is 5.67. The van der Waals surface area contributed by atoms with Crippen LogP contribution in [0, 0.1) is 0 Å². The highest BCUT2D eigenvalue weighted by Gasteiger charge is 2.11. The quantitative estimate of drug-likeness (QED) is 0.609. The van der Waals surface area contributed by atoms with Crippen molar-refractivity contribution < 1.29 is 9.90 Å². The molecule has 5 nitrogen and oxygen atoms in total. The predicted molar refractivity (Wildman–Crippen MR) is 42.1 cm³/mol. The number of carbonyl (C=O) groups is 1. The van der Waals surface area contributed by atoms with Gasteiger partial charge in [0.2, 0.25) is 0 Å². The molecule has 0 aliphatic carbocycles. The molecule has 0 saturated carbocycles. The summed E-state index contributed by atoms with van der Waals surface area (Å²) in [6.45, 7) is 1.74. The summed E-state index contributed by atoms with van der Waals surface area (Å²) in [5, 5.41) is 13.4. The van der Waals surface area contributed by atoms with Crippen molar-refractivity contribution in [3.8, 4) is 0 Å². The summed E-state index contributed by atoms with van der Waals surface area (Å²) in [5.74, 6) is -1.04. The lowest BCUT2D eigenvalue weighted by Crippen LogP contribution is -2.03. The third kappa shape index (κ3) is 1.98. The summed E-state index contributed by atoms with van der Waals surface area (Å²) in [5.41, 5.74) is 0.393. The predicted octanol–water partition coefficient (Wildman–Crippen LogP) is 0.281. The third-order valence-electron chi connectivity index (χ3n) is 1.63. The normalized spacial score (nSPS) is 12.8. The van der Waals surface area contributed by atoms with E-state index in [1.165, 1.54) is 6.07 Å². The number of aromatic nitrogens is 2. The van der Waals surface area contributed by atoms with E-state index in [1.54, 1.807) is 6.92 Å². The lowest BCUT2D eigenvalue weighted by molar-refractivity contribution is -0.137. The Morgan fingerprint density at radius 3 is 2.75 bits per heavy atom. The van der Waals surface area contributed by atoms with E-state index in [0.717, 1.165) is 0 Å². The van der Waals surface area contributed by atoms with Gasteiger partial charge in [-0.2, -0.15) is 0 Å². The van der Waals surface area contributed by atoms with Crippen LogP contribution in [-0.2, 0) is 4.79 Å². The Morgan fingerprint density at radius 2 is 2.33 bits per heavy atom. The molecule has 1 atom stereocenters. The maximum Gasteiger partial charge on any atom is 0.304 e. The number of H-pyrrole nitrogens is 2. The van der Waals surface area contributed by atoms with Gasteiger partial charge in [0.05, 0.1) is 6.42 Å². The minimum absolute atomic E-state index is 0.0216. The second-order valence-electron chi connectivity index (χ2n) is 2.71. The van der Waals surface area contributed by atoms with Crippen molar-refractivity contribution in [2.75, 3.05) is 0 Å². The van der Waals surface area contributed by atoms with Crippen LogP contribution in [0.3, 0.4) is 0 Å². The van der Waals surface area contributed by atoms with Crippen molar-refractivity contribution in [3.05, 3.63) is 22.1 Å². The van der Waals surface area contributed by atoms with Gasteiger partial charge >= 0.3 is 5.97 Å². The Kier molecular flexibility index (Phi) is 2.32. The number of carboxylic acid groups (broad SMARTS) is 1. The zero-order valence-electron chi connectivity index (χ0n) is 6.63. The minimum atomic E-state index is -0.871. The fourth-order valence-corrected chi connectivity index (χ4v) is 0.985. The molecule has 0 radical (unpaired) electrons. The molecule has 0 aliphatic heterocycles. The van der Waals surface area contributed by atoms with Crippen LogP contribution in [0.5, 0.6) is 0 Å². The molecule has 0 aliphatic rings. The van der Waals surface area contributed by atoms with E-state index in [1.807, 2.05) is 0 Å². The van der Waals surface area contributed by atoms with Crippen LogP contribution in [0.1, 0.15) is 25.0 Å². The van der Waals surface area contributed by atoms with Gasteiger partial charge in [-0.15, -0.1) is 0 Å². The van der Waals surface area contributed by atoms with Crippen LogP contribution < -0.4 is 5.56 Å². The summed E-state index contributed by atoms with van der Waals surface area (Å²) in [6.07, 6.45) is 0.0216. The fourth-order valence-electron chi connectivity index (χ4n) is 0.985. The van der Waals surface area contributed by atoms with Gasteiger partial charge in [-0.05, 0) is 0 Å². The van der Waals surface area contributed by atoms with Gasteiger partial charge < -0.3 is 10.2 Å². The molecule has 1 unspecified atom stereocenters. The lowest BCUT2D eigenvalue weighted by Gasteiger charge is -2.03. The maximum absolute atomic E-state index is 10.6. The molecule has 1 heterocycles. The summed E-state index contributed by atoms with van der Waals surface area (Å²) >= 11 is 0. The van der Waals surface area contributed by atoms with Crippen molar-refractivity contribution in [2.24, 2.45) is 0 Å². The smallest absolute Gasteiger partial charge is 0.304 e. The summed E-state index contributed by atoms with van der Waals surface area (Å²) < 4.78 is 0. The van der Waals surface area contributed by atoms with Crippen molar-refractivity contribution in [3.63, 3.8) is 0 Å². The van der Waals surface area contributed by atoms with E-state index in [2.05, 4.69) is 10.2 Å². The Balaban J connectivity index is 2.71. The Labute approximate surface area is 68.4 Å². The van der Waals surface area contributed by atoms with E-state index in [4.69, 9.17) is 5.11 Å². The van der Waals surface area contributed by atoms with E-state index >= 15 is 0 Å². The molecule has 12 heavy (non-hydrogen) atoms. The number of nitrogens with one attached hydrogen (secondary N) is 2. The van der Waals surface area contributed by atoms with Crippen LogP contribution in [0.4, 0.5) is 0 Å². The maximum atomic E-state index is 10.6. The van der Waals surface area contributed by atoms with Gasteiger partial charge in [-0.1, -0.05) is 6.92 Å². The van der Waals surface area contributed by atoms with E-state index in [9.17, 15) is 9.59 Å². The number of hydrogen-bond acceptors (Lipinski definition) is 2. The van der Waals surface area contributed by atoms with Gasteiger partial charge in [0.25, 0.3) is 5.56 Å². The standard InChI is InChI=1S/C7H10N2O3/c1-4(2-7(11)12)5-3-6(10)9-8-5/h3-4H,2H2,1H3,(H,11,12)(H2,8,9,10). The first-order valence-electron chi connectivity index (χ1n) is 3.59. The van der Waals surface area contributed by atoms with E-state index in [0.29, 0.717) is 5.69 Å². The number of hydrogen-bond donors (Lipinski definition) is 3. The van der Waals surface area contributed by atoms with Gasteiger partial charge in [-0.3, -0.25) is 14.7 Å². The molecule has 0 amide bonds. The number of rotatable bonds is 3. The summed E-state index contributed by atoms with van der Waals surface area (Å²) in [6, 6.07) is 1.37. The van der Waals surface area contributed by atoms with Crippen LogP contribution >= 0.6 is 0 Å². The first-order valence-corrected chi connectivity index (χ1v) is 3.59. The highest BCUT2D eigenvalue weighted by Crippen LogP contribution is 2.13. The van der Waals surface area contributed by atoms with Crippen LogP contribution in [0.2, 0.25) is 0 Å². The van der Waals surface area contributed by atoms with Crippen molar-refractivity contribution in [1.82, 2.24) is 10.2 Å². The third-order valence-corrected chi connectivity index (χ3v) is 1.63. The molecule has 1 aromatic rings. The molecule has 0 fully saturated rings. The van der Waals surface area contributed by atoms with E-state index in [-0.39, 0.29) is 17.9 Å². The molecule has 1 rings (SSSR count). The first kappa shape index (κ1) is 8.58. The summed E-state index contributed by atoms with van der Waals surface area (Å²) in [7, 11) is 0. The van der Waals surface area contributed by atoms with Crippen LogP contribution in [0.15, 0.2) is 10.9 Å². The zero-order chi connectivity index (χ0) is 9.14. The molecule has 66 valence electrons. The number of aliphatic carboxylic acids is 1. The van der Waals surface area contributed by atoms with Crippen molar-refractivity contribution >= 4 is 5.97 Å². The van der Waals surface area contributed by atoms with Gasteiger partial charge in [0.15, 0.2) is 0 Å². The van der Waals surface area contributed by atoms with Crippen molar-refractivity contribution in [1.29, 1.82) is 0 Å². The molecular formula is C7H10N2O3. The Hall–Kier alpha value is -1.52. The fraction of sp³-hybridized carbons (Fsp3) is 0.429. The number of aromatic amines is 2. The molecule has 0 spiro atoms. The molecular weight excluding hydrogens is 160 g/mol. The van der Waals surface area contributed by atoms with Gasteiger partial charge in [-0.25, -0.2) is 0 Å². The average Bonchev–Trinajstić information content (AvgIpc) is 2.34. The highest BCUT2D eigenvalue weighted by atomic mass is 16.4. The first-order chi connectivity index (χ1) is 5.59. The molecule has 0 bridgehead atoms. The molecule has 0 aromatic carbocycles. The zero-order valence-corrected chi connectivity index (χ0v) is 6.63. The molecule has 1 aromatic heterocycles. The van der Waals surface area contributed by atoms with E-state index < -0.39 is 5.97 Å². The SMILES string of the molecule is CC(CC(=O)O)c1cc(=O)[nH][nH]1. The Morgan fingerprint density at radius 1 is 1.67 bits per heavy atom. The summed E-state index contributed by atoms with van der Waals surface area (Å²) in [4.78, 5) is 20.9. The second-order valence-corrected chi connectivity index (χ2v) is 2.71. The monoisotopic (exact) mass is 170 g/mol. The molecule has 0 saturated heterocycles. The van der Waals surface area contributed by atoms with Gasteiger partial charge in [0.1, 0.15) is 0 Å².